The van der Waals surface area contributed by atoms with Crippen LogP contribution >= 0.6 is 0 Å². The zero-order valence-electron chi connectivity index (χ0n) is 13.4. The molecule has 24 heavy (non-hydrogen) atoms. The number of carboxylic acids is 1. The number of carboxylic acid groups (broad SMARTS) is 1. The lowest BCUT2D eigenvalue weighted by atomic mass is 10.1. The molecule has 1 unspecified atom stereocenters. The maximum absolute atomic E-state index is 13.7. The van der Waals surface area contributed by atoms with Crippen molar-refractivity contribution in [1.29, 1.82) is 0 Å². The lowest BCUT2D eigenvalue weighted by Crippen LogP contribution is -2.43. The lowest BCUT2D eigenvalue weighted by molar-refractivity contribution is -0.145. The van der Waals surface area contributed by atoms with E-state index in [4.69, 9.17) is 5.11 Å². The predicted molar refractivity (Wildman–Crippen MR) is 82.8 cm³/mol. The van der Waals surface area contributed by atoms with Crippen molar-refractivity contribution in [3.05, 3.63) is 29.8 Å². The van der Waals surface area contributed by atoms with Crippen LogP contribution in [-0.2, 0) is 9.59 Å². The van der Waals surface area contributed by atoms with E-state index < -0.39 is 17.7 Å². The number of hydrogen-bond acceptors (Lipinski definition) is 4. The first-order valence-electron chi connectivity index (χ1n) is 7.78. The van der Waals surface area contributed by atoms with E-state index in [9.17, 15) is 18.8 Å². The van der Waals surface area contributed by atoms with E-state index in [1.165, 1.54) is 29.0 Å². The van der Waals surface area contributed by atoms with Crippen LogP contribution in [0.3, 0.4) is 0 Å². The highest BCUT2D eigenvalue weighted by Gasteiger charge is 2.28. The molecule has 0 radical (unpaired) electrons. The van der Waals surface area contributed by atoms with Gasteiger partial charge in [0.15, 0.2) is 5.82 Å². The molecule has 1 aromatic rings. The summed E-state index contributed by atoms with van der Waals surface area (Å²) in [7, 11) is 0. The number of aliphatic carboxylic acids is 1. The Bertz CT molecular complexity index is 638. The van der Waals surface area contributed by atoms with Gasteiger partial charge in [0, 0.05) is 32.3 Å². The molecule has 2 heterocycles. The number of pyridine rings is 1. The number of carbonyl (C=O) groups is 3. The second kappa shape index (κ2) is 7.85. The Labute approximate surface area is 139 Å². The maximum atomic E-state index is 13.7. The zero-order chi connectivity index (χ0) is 17.7. The summed E-state index contributed by atoms with van der Waals surface area (Å²) in [5.74, 6) is -2.45. The molecule has 1 aromatic heterocycles. The molecule has 1 N–H and O–H groups in total. The Balaban J connectivity index is 2.07. The van der Waals surface area contributed by atoms with Crippen molar-refractivity contribution in [3.63, 3.8) is 0 Å². The second-order valence-corrected chi connectivity index (χ2v) is 5.77. The summed E-state index contributed by atoms with van der Waals surface area (Å²) in [5.41, 5.74) is -0.0302. The van der Waals surface area contributed by atoms with Gasteiger partial charge < -0.3 is 14.9 Å². The van der Waals surface area contributed by atoms with E-state index in [-0.39, 0.29) is 24.1 Å². The number of halogens is 1. The van der Waals surface area contributed by atoms with Gasteiger partial charge in [0.05, 0.1) is 11.8 Å². The molecule has 0 spiro atoms. The second-order valence-electron chi connectivity index (χ2n) is 5.77. The molecule has 130 valence electrons. The number of amides is 2. The van der Waals surface area contributed by atoms with E-state index in [0.29, 0.717) is 32.4 Å². The van der Waals surface area contributed by atoms with E-state index in [1.54, 1.807) is 0 Å². The fourth-order valence-corrected chi connectivity index (χ4v) is 2.96. The minimum atomic E-state index is -1.07. The molecular formula is C16H20FN3O4. The molecular weight excluding hydrogens is 317 g/mol. The smallest absolute Gasteiger partial charge is 0.323 e. The molecule has 1 aliphatic rings. The summed E-state index contributed by atoms with van der Waals surface area (Å²) in [4.78, 5) is 41.6. The molecule has 0 aromatic carbocycles. The molecule has 0 bridgehead atoms. The minimum Gasteiger partial charge on any atom is -0.480 e. The topological polar surface area (TPSA) is 90.8 Å². The van der Waals surface area contributed by atoms with Crippen molar-refractivity contribution in [1.82, 2.24) is 14.8 Å². The third kappa shape index (κ3) is 4.27. The van der Waals surface area contributed by atoms with Gasteiger partial charge in [-0.3, -0.25) is 19.4 Å². The Kier molecular flexibility index (Phi) is 5.83. The molecule has 7 nitrogen and oxygen atoms in total. The number of likely N-dealkylation sites (tertiary alicyclic amines) is 1. The molecule has 0 saturated carbocycles. The van der Waals surface area contributed by atoms with Gasteiger partial charge in [-0.05, 0) is 25.3 Å². The average Bonchev–Trinajstić information content (AvgIpc) is 2.78. The number of aromatic nitrogens is 1. The Morgan fingerprint density at radius 2 is 2.12 bits per heavy atom. The van der Waals surface area contributed by atoms with E-state index in [0.717, 1.165) is 6.20 Å². The van der Waals surface area contributed by atoms with Crippen LogP contribution in [0.2, 0.25) is 0 Å². The summed E-state index contributed by atoms with van der Waals surface area (Å²) < 4.78 is 13.7. The first-order chi connectivity index (χ1) is 11.4. The molecule has 1 fully saturated rings. The van der Waals surface area contributed by atoms with Crippen LogP contribution in [-0.4, -0.2) is 63.4 Å². The van der Waals surface area contributed by atoms with Crippen molar-refractivity contribution in [2.24, 2.45) is 0 Å². The van der Waals surface area contributed by atoms with Gasteiger partial charge in [0.2, 0.25) is 5.91 Å². The number of nitrogens with zero attached hydrogens (tertiary/aromatic N) is 3. The Morgan fingerprint density at radius 3 is 2.75 bits per heavy atom. The van der Waals surface area contributed by atoms with E-state index in [2.05, 4.69) is 4.98 Å². The first-order valence-corrected chi connectivity index (χ1v) is 7.78. The van der Waals surface area contributed by atoms with E-state index in [1.807, 2.05) is 0 Å². The van der Waals surface area contributed by atoms with Crippen molar-refractivity contribution in [2.45, 2.75) is 32.2 Å². The van der Waals surface area contributed by atoms with Crippen LogP contribution in [0.15, 0.2) is 18.5 Å². The molecule has 2 amide bonds. The number of hydrogen-bond donors (Lipinski definition) is 1. The van der Waals surface area contributed by atoms with Gasteiger partial charge in [-0.1, -0.05) is 0 Å². The largest absolute Gasteiger partial charge is 0.480 e. The minimum absolute atomic E-state index is 0.0302. The van der Waals surface area contributed by atoms with Crippen LogP contribution in [0, 0.1) is 5.82 Å². The van der Waals surface area contributed by atoms with Crippen molar-refractivity contribution in [3.8, 4) is 0 Å². The van der Waals surface area contributed by atoms with Crippen LogP contribution in [0.5, 0.6) is 0 Å². The van der Waals surface area contributed by atoms with Gasteiger partial charge in [0.1, 0.15) is 6.54 Å². The van der Waals surface area contributed by atoms with Crippen molar-refractivity contribution >= 4 is 17.8 Å². The molecule has 1 aliphatic heterocycles. The van der Waals surface area contributed by atoms with Crippen LogP contribution in [0.1, 0.15) is 36.5 Å². The predicted octanol–water partition coefficient (Wildman–Crippen LogP) is 1.15. The normalized spacial score (nSPS) is 17.9. The molecule has 0 aliphatic carbocycles. The average molecular weight is 337 g/mol. The summed E-state index contributed by atoms with van der Waals surface area (Å²) in [5, 5.41) is 8.95. The molecule has 1 saturated heterocycles. The first kappa shape index (κ1) is 17.8. The Hall–Kier alpha value is -2.51. The molecule has 2 rings (SSSR count). The summed E-state index contributed by atoms with van der Waals surface area (Å²) >= 11 is 0. The lowest BCUT2D eigenvalue weighted by Gasteiger charge is -2.28. The monoisotopic (exact) mass is 337 g/mol. The summed E-state index contributed by atoms with van der Waals surface area (Å²) in [6.45, 7) is 1.76. The third-order valence-electron chi connectivity index (χ3n) is 4.14. The van der Waals surface area contributed by atoms with Gasteiger partial charge in [0.25, 0.3) is 5.91 Å². The van der Waals surface area contributed by atoms with Crippen LogP contribution in [0.4, 0.5) is 4.39 Å². The summed E-state index contributed by atoms with van der Waals surface area (Å²) in [6.07, 6.45) is 4.05. The fraction of sp³-hybridized carbons (Fsp3) is 0.500. The highest BCUT2D eigenvalue weighted by Crippen LogP contribution is 2.19. The standard InChI is InChI=1S/C16H20FN3O4/c1-11(21)20(10-15(22)23)12-3-2-7-19(8-5-12)16(24)13-4-6-18-9-14(13)17/h4,6,9,12H,2-3,5,7-8,10H2,1H3,(H,22,23). The molecule has 8 heteroatoms. The summed E-state index contributed by atoms with van der Waals surface area (Å²) in [6, 6.07) is 1.10. The van der Waals surface area contributed by atoms with Crippen LogP contribution < -0.4 is 0 Å². The van der Waals surface area contributed by atoms with E-state index >= 15 is 0 Å². The fourth-order valence-electron chi connectivity index (χ4n) is 2.96. The van der Waals surface area contributed by atoms with Gasteiger partial charge in [-0.15, -0.1) is 0 Å². The van der Waals surface area contributed by atoms with Gasteiger partial charge in [-0.2, -0.15) is 0 Å². The maximum Gasteiger partial charge on any atom is 0.323 e. The quantitative estimate of drug-likeness (QED) is 0.890. The van der Waals surface area contributed by atoms with Crippen molar-refractivity contribution < 1.29 is 23.9 Å². The highest BCUT2D eigenvalue weighted by atomic mass is 19.1. The number of carbonyl (C=O) groups excluding carboxylic acids is 2. The highest BCUT2D eigenvalue weighted by molar-refractivity contribution is 5.94. The Morgan fingerprint density at radius 1 is 1.38 bits per heavy atom. The van der Waals surface area contributed by atoms with Crippen molar-refractivity contribution in [2.75, 3.05) is 19.6 Å². The number of rotatable bonds is 4. The van der Waals surface area contributed by atoms with Gasteiger partial charge in [-0.25, -0.2) is 4.39 Å². The zero-order valence-corrected chi connectivity index (χ0v) is 13.4. The SMILES string of the molecule is CC(=O)N(CC(=O)O)C1CCCN(C(=O)c2ccncc2F)CC1. The third-order valence-corrected chi connectivity index (χ3v) is 4.14. The molecule has 1 atom stereocenters. The van der Waals surface area contributed by atoms with Crippen LogP contribution in [0.25, 0.3) is 0 Å². The van der Waals surface area contributed by atoms with Gasteiger partial charge >= 0.3 is 5.97 Å².